The standard InChI is InChI=1S/C13H10INO3/c1-9-8-11(15(16)17)4-7-13(9)18-12-5-2-10(14)3-6-12/h2-8H,1H3. The van der Waals surface area contributed by atoms with Crippen LogP contribution in [-0.4, -0.2) is 4.92 Å². The van der Waals surface area contributed by atoms with Crippen LogP contribution in [0.2, 0.25) is 0 Å². The molecule has 18 heavy (non-hydrogen) atoms. The molecule has 2 aromatic carbocycles. The monoisotopic (exact) mass is 355 g/mol. The van der Waals surface area contributed by atoms with Crippen molar-refractivity contribution in [1.29, 1.82) is 0 Å². The van der Waals surface area contributed by atoms with E-state index in [4.69, 9.17) is 4.74 Å². The summed E-state index contributed by atoms with van der Waals surface area (Å²) in [4.78, 5) is 10.2. The van der Waals surface area contributed by atoms with Crippen molar-refractivity contribution in [3.8, 4) is 11.5 Å². The minimum atomic E-state index is -0.415. The Balaban J connectivity index is 2.24. The third-order valence-electron chi connectivity index (χ3n) is 2.41. The minimum Gasteiger partial charge on any atom is -0.457 e. The van der Waals surface area contributed by atoms with Crippen molar-refractivity contribution in [3.63, 3.8) is 0 Å². The van der Waals surface area contributed by atoms with E-state index in [0.717, 1.165) is 9.13 Å². The fraction of sp³-hybridized carbons (Fsp3) is 0.0769. The third kappa shape index (κ3) is 2.98. The molecule has 0 aliphatic heterocycles. The maximum atomic E-state index is 10.6. The number of hydrogen-bond acceptors (Lipinski definition) is 3. The molecule has 0 aromatic heterocycles. The highest BCUT2D eigenvalue weighted by Crippen LogP contribution is 2.28. The van der Waals surface area contributed by atoms with Gasteiger partial charge in [0, 0.05) is 15.7 Å². The first kappa shape index (κ1) is 12.8. The van der Waals surface area contributed by atoms with Gasteiger partial charge in [0.25, 0.3) is 5.69 Å². The second-order valence-corrected chi connectivity index (χ2v) is 5.01. The number of non-ortho nitro benzene ring substituents is 1. The summed E-state index contributed by atoms with van der Waals surface area (Å²) < 4.78 is 6.80. The van der Waals surface area contributed by atoms with E-state index >= 15 is 0 Å². The second kappa shape index (κ2) is 5.34. The van der Waals surface area contributed by atoms with Crippen LogP contribution in [0.15, 0.2) is 42.5 Å². The van der Waals surface area contributed by atoms with Gasteiger partial charge in [0.2, 0.25) is 0 Å². The van der Waals surface area contributed by atoms with Crippen LogP contribution in [-0.2, 0) is 0 Å². The Morgan fingerprint density at radius 3 is 2.39 bits per heavy atom. The van der Waals surface area contributed by atoms with Gasteiger partial charge in [-0.1, -0.05) is 0 Å². The molecule has 0 aliphatic carbocycles. The minimum absolute atomic E-state index is 0.0717. The summed E-state index contributed by atoms with van der Waals surface area (Å²) in [5.74, 6) is 1.34. The van der Waals surface area contributed by atoms with Crippen LogP contribution < -0.4 is 4.74 Å². The van der Waals surface area contributed by atoms with Crippen molar-refractivity contribution >= 4 is 28.3 Å². The summed E-state index contributed by atoms with van der Waals surface area (Å²) in [6.07, 6.45) is 0. The Bertz CT molecular complexity index is 581. The number of benzene rings is 2. The summed E-state index contributed by atoms with van der Waals surface area (Å²) in [5.41, 5.74) is 0.810. The predicted molar refractivity (Wildman–Crippen MR) is 77.1 cm³/mol. The van der Waals surface area contributed by atoms with E-state index in [-0.39, 0.29) is 5.69 Å². The average molecular weight is 355 g/mol. The summed E-state index contributed by atoms with van der Waals surface area (Å²) in [7, 11) is 0. The molecular weight excluding hydrogens is 345 g/mol. The summed E-state index contributed by atoms with van der Waals surface area (Å²) in [5, 5.41) is 10.6. The highest BCUT2D eigenvalue weighted by atomic mass is 127. The molecule has 0 saturated heterocycles. The Hall–Kier alpha value is -1.63. The summed E-state index contributed by atoms with van der Waals surface area (Å²) in [6.45, 7) is 1.79. The molecule has 5 heteroatoms. The lowest BCUT2D eigenvalue weighted by atomic mass is 10.2. The van der Waals surface area contributed by atoms with Gasteiger partial charge in [-0.05, 0) is 65.4 Å². The Labute approximate surface area is 118 Å². The molecular formula is C13H10INO3. The van der Waals surface area contributed by atoms with Gasteiger partial charge in [0.1, 0.15) is 11.5 Å². The molecule has 2 aromatic rings. The maximum Gasteiger partial charge on any atom is 0.269 e. The lowest BCUT2D eigenvalue weighted by Gasteiger charge is -2.08. The van der Waals surface area contributed by atoms with Gasteiger partial charge in [0.15, 0.2) is 0 Å². The average Bonchev–Trinajstić information content (AvgIpc) is 2.34. The van der Waals surface area contributed by atoms with Crippen LogP contribution in [0.1, 0.15) is 5.56 Å². The van der Waals surface area contributed by atoms with E-state index in [2.05, 4.69) is 22.6 Å². The van der Waals surface area contributed by atoms with E-state index in [9.17, 15) is 10.1 Å². The SMILES string of the molecule is Cc1cc([N+](=O)[O-])ccc1Oc1ccc(I)cc1. The lowest BCUT2D eigenvalue weighted by Crippen LogP contribution is -1.91. The second-order valence-electron chi connectivity index (χ2n) is 3.76. The molecule has 0 radical (unpaired) electrons. The molecule has 0 aliphatic rings. The molecule has 0 amide bonds. The highest BCUT2D eigenvalue weighted by molar-refractivity contribution is 14.1. The van der Waals surface area contributed by atoms with Crippen molar-refractivity contribution in [1.82, 2.24) is 0 Å². The molecule has 0 fully saturated rings. The summed E-state index contributed by atoms with van der Waals surface area (Å²) in [6, 6.07) is 12.2. The molecule has 0 heterocycles. The smallest absolute Gasteiger partial charge is 0.269 e. The normalized spacial score (nSPS) is 10.1. The van der Waals surface area contributed by atoms with E-state index in [1.54, 1.807) is 13.0 Å². The van der Waals surface area contributed by atoms with Crippen LogP contribution in [0.3, 0.4) is 0 Å². The van der Waals surface area contributed by atoms with E-state index in [0.29, 0.717) is 11.5 Å². The number of ether oxygens (including phenoxy) is 1. The zero-order valence-corrected chi connectivity index (χ0v) is 11.7. The van der Waals surface area contributed by atoms with E-state index in [1.807, 2.05) is 24.3 Å². The number of nitrogens with zero attached hydrogens (tertiary/aromatic N) is 1. The third-order valence-corrected chi connectivity index (χ3v) is 3.13. The first-order valence-corrected chi connectivity index (χ1v) is 6.32. The van der Waals surface area contributed by atoms with Crippen molar-refractivity contribution in [2.75, 3.05) is 0 Å². The van der Waals surface area contributed by atoms with Crippen molar-refractivity contribution in [2.45, 2.75) is 6.92 Å². The van der Waals surface area contributed by atoms with Crippen LogP contribution in [0.4, 0.5) is 5.69 Å². The molecule has 0 bridgehead atoms. The number of rotatable bonds is 3. The molecule has 2 rings (SSSR count). The van der Waals surface area contributed by atoms with Gasteiger partial charge in [-0.25, -0.2) is 0 Å². The quantitative estimate of drug-likeness (QED) is 0.469. The Kier molecular flexibility index (Phi) is 3.81. The van der Waals surface area contributed by atoms with Crippen LogP contribution in [0.25, 0.3) is 0 Å². The maximum absolute atomic E-state index is 10.6. The summed E-state index contributed by atoms with van der Waals surface area (Å²) >= 11 is 2.22. The number of nitro groups is 1. The fourth-order valence-electron chi connectivity index (χ4n) is 1.49. The largest absolute Gasteiger partial charge is 0.457 e. The molecule has 92 valence electrons. The number of halogens is 1. The van der Waals surface area contributed by atoms with Gasteiger partial charge < -0.3 is 4.74 Å². The van der Waals surface area contributed by atoms with E-state index in [1.165, 1.54) is 12.1 Å². The molecule has 0 atom stereocenters. The zero-order valence-electron chi connectivity index (χ0n) is 9.59. The number of hydrogen-bond donors (Lipinski definition) is 0. The molecule has 0 N–H and O–H groups in total. The Morgan fingerprint density at radius 2 is 1.83 bits per heavy atom. The van der Waals surface area contributed by atoms with Gasteiger partial charge in [-0.2, -0.15) is 0 Å². The molecule has 0 saturated carbocycles. The van der Waals surface area contributed by atoms with Gasteiger partial charge in [-0.15, -0.1) is 0 Å². The van der Waals surface area contributed by atoms with Crippen LogP contribution >= 0.6 is 22.6 Å². The molecule has 0 unspecified atom stereocenters. The van der Waals surface area contributed by atoms with Crippen molar-refractivity contribution < 1.29 is 9.66 Å². The van der Waals surface area contributed by atoms with E-state index < -0.39 is 4.92 Å². The highest BCUT2D eigenvalue weighted by Gasteiger charge is 2.09. The number of nitro benzene ring substituents is 1. The van der Waals surface area contributed by atoms with Gasteiger partial charge in [-0.3, -0.25) is 10.1 Å². The molecule has 0 spiro atoms. The van der Waals surface area contributed by atoms with Gasteiger partial charge in [0.05, 0.1) is 4.92 Å². The molecule has 4 nitrogen and oxygen atoms in total. The van der Waals surface area contributed by atoms with Crippen molar-refractivity contribution in [3.05, 3.63) is 61.7 Å². The zero-order chi connectivity index (χ0) is 13.1. The predicted octanol–water partition coefficient (Wildman–Crippen LogP) is 4.30. The van der Waals surface area contributed by atoms with Crippen LogP contribution in [0.5, 0.6) is 11.5 Å². The van der Waals surface area contributed by atoms with Crippen LogP contribution in [0, 0.1) is 20.6 Å². The number of aryl methyl sites for hydroxylation is 1. The first-order valence-electron chi connectivity index (χ1n) is 5.25. The Morgan fingerprint density at radius 1 is 1.17 bits per heavy atom. The van der Waals surface area contributed by atoms with Gasteiger partial charge >= 0.3 is 0 Å². The topological polar surface area (TPSA) is 52.4 Å². The lowest BCUT2D eigenvalue weighted by molar-refractivity contribution is -0.384. The van der Waals surface area contributed by atoms with Crippen molar-refractivity contribution in [2.24, 2.45) is 0 Å². The first-order chi connectivity index (χ1) is 8.56. The fourth-order valence-corrected chi connectivity index (χ4v) is 1.85.